The summed E-state index contributed by atoms with van der Waals surface area (Å²) in [4.78, 5) is 24.4. The molecule has 0 aromatic rings. The number of unbranched alkanes of at least 4 members (excludes halogenated alkanes) is 15. The van der Waals surface area contributed by atoms with Gasteiger partial charge in [0, 0.05) is 12.8 Å². The molecule has 5 heteroatoms. The molecule has 0 aliphatic heterocycles. The van der Waals surface area contributed by atoms with Gasteiger partial charge in [-0.2, -0.15) is 0 Å². The third-order valence-corrected chi connectivity index (χ3v) is 10.9. The molecule has 67 heavy (non-hydrogen) atoms. The topological polar surface area (TPSA) is 72.8 Å². The summed E-state index contributed by atoms with van der Waals surface area (Å²) in [5.74, 6) is -0.649. The molecule has 0 bridgehead atoms. The number of hydrogen-bond donors (Lipinski definition) is 1. The first-order valence-electron chi connectivity index (χ1n) is 26.9. The zero-order valence-electron chi connectivity index (χ0n) is 42.8. The second kappa shape index (κ2) is 56.1. The Labute approximate surface area is 412 Å². The fourth-order valence-corrected chi connectivity index (χ4v) is 6.85. The number of aliphatic hydroxyl groups excluding tert-OH is 1. The molecule has 0 aliphatic carbocycles. The minimum Gasteiger partial charge on any atom is -0.462 e. The molecule has 1 atom stereocenters. The van der Waals surface area contributed by atoms with E-state index in [0.717, 1.165) is 122 Å². The van der Waals surface area contributed by atoms with Crippen LogP contribution in [-0.2, 0) is 19.1 Å². The molecule has 1 N–H and O–H groups in total. The van der Waals surface area contributed by atoms with Gasteiger partial charge in [-0.05, 0) is 122 Å². The van der Waals surface area contributed by atoms with Crippen LogP contribution in [0.2, 0.25) is 0 Å². The summed E-state index contributed by atoms with van der Waals surface area (Å²) >= 11 is 0. The third-order valence-electron chi connectivity index (χ3n) is 10.9. The average Bonchev–Trinajstić information content (AvgIpc) is 3.33. The Morgan fingerprint density at radius 1 is 0.358 bits per heavy atom. The molecule has 0 aromatic heterocycles. The monoisotopic (exact) mass is 923 g/mol. The Kier molecular flexibility index (Phi) is 52.6. The molecule has 0 fully saturated rings. The summed E-state index contributed by atoms with van der Waals surface area (Å²) in [5.41, 5.74) is 0. The van der Waals surface area contributed by atoms with E-state index in [1.54, 1.807) is 0 Å². The number of aliphatic hydroxyl groups is 1. The molecule has 1 unspecified atom stereocenters. The lowest BCUT2D eigenvalue weighted by molar-refractivity contribution is -0.161. The van der Waals surface area contributed by atoms with E-state index >= 15 is 0 Å². The van der Waals surface area contributed by atoms with Crippen molar-refractivity contribution in [3.05, 3.63) is 146 Å². The highest BCUT2D eigenvalue weighted by Crippen LogP contribution is 2.12. The second-order valence-corrected chi connectivity index (χ2v) is 17.2. The van der Waals surface area contributed by atoms with Crippen LogP contribution in [0.3, 0.4) is 0 Å². The van der Waals surface area contributed by atoms with Gasteiger partial charge in [0.1, 0.15) is 6.61 Å². The van der Waals surface area contributed by atoms with Crippen LogP contribution in [-0.4, -0.2) is 36.4 Å². The maximum atomic E-state index is 12.3. The van der Waals surface area contributed by atoms with Gasteiger partial charge in [-0.3, -0.25) is 9.59 Å². The Hall–Kier alpha value is -4.22. The molecule has 0 radical (unpaired) electrons. The van der Waals surface area contributed by atoms with E-state index in [0.29, 0.717) is 12.8 Å². The number of ether oxygens (including phenoxy) is 2. The minimum atomic E-state index is -0.803. The van der Waals surface area contributed by atoms with Crippen LogP contribution in [0.25, 0.3) is 0 Å². The molecule has 0 saturated carbocycles. The Morgan fingerprint density at radius 2 is 0.642 bits per heavy atom. The van der Waals surface area contributed by atoms with Crippen molar-refractivity contribution in [1.82, 2.24) is 0 Å². The largest absolute Gasteiger partial charge is 0.462 e. The molecule has 0 rings (SSSR count). The lowest BCUT2D eigenvalue weighted by Crippen LogP contribution is -2.28. The zero-order chi connectivity index (χ0) is 48.5. The van der Waals surface area contributed by atoms with E-state index in [1.165, 1.54) is 64.2 Å². The highest BCUT2D eigenvalue weighted by molar-refractivity contribution is 5.70. The molecule has 0 heterocycles. The predicted octanol–water partition coefficient (Wildman–Crippen LogP) is 18.2. The second-order valence-electron chi connectivity index (χ2n) is 17.2. The van der Waals surface area contributed by atoms with Crippen molar-refractivity contribution in [2.45, 2.75) is 219 Å². The van der Waals surface area contributed by atoms with E-state index in [2.05, 4.69) is 160 Å². The first-order valence-corrected chi connectivity index (χ1v) is 26.9. The van der Waals surface area contributed by atoms with E-state index in [4.69, 9.17) is 9.47 Å². The smallest absolute Gasteiger partial charge is 0.306 e. The molecule has 0 saturated heterocycles. The van der Waals surface area contributed by atoms with Gasteiger partial charge in [0.25, 0.3) is 0 Å². The first kappa shape index (κ1) is 62.8. The standard InChI is InChI=1S/C62H98O5/c1-3-5-7-9-11-13-15-17-19-21-22-23-24-25-26-27-28-29-30-31-32-33-34-35-36-37-38-39-40-41-43-45-47-49-51-53-55-57-62(65)67-60(58-63)59-66-61(64)56-54-52-50-48-46-44-42-20-18-16-14-12-10-8-6-4-2/h5,7,11,13,17,19-20,22-23,25-26,28-29,31-32,34-35,37-38,40-42,45,47,60,63H,3-4,6,8-10,12,14-16,18,21,24,27,30,33,36,39,43-44,46,48-59H2,1-2H3/b7-5-,13-11-,19-17-,23-22-,26-25-,29-28-,32-31-,35-34-,38-37-,41-40-,42-20-,47-45-. The fourth-order valence-electron chi connectivity index (χ4n) is 6.85. The van der Waals surface area contributed by atoms with Crippen molar-refractivity contribution in [3.63, 3.8) is 0 Å². The number of carbonyl (C=O) groups is 2. The summed E-state index contributed by atoms with van der Waals surface area (Å²) in [6, 6.07) is 0. The van der Waals surface area contributed by atoms with Gasteiger partial charge in [0.05, 0.1) is 6.61 Å². The van der Waals surface area contributed by atoms with Crippen molar-refractivity contribution in [2.75, 3.05) is 13.2 Å². The van der Waals surface area contributed by atoms with Crippen molar-refractivity contribution >= 4 is 11.9 Å². The Balaban J connectivity index is 3.70. The first-order chi connectivity index (χ1) is 33.1. The maximum absolute atomic E-state index is 12.3. The van der Waals surface area contributed by atoms with Crippen molar-refractivity contribution < 1.29 is 24.2 Å². The fraction of sp³-hybridized carbons (Fsp3) is 0.581. The normalized spacial score (nSPS) is 13.4. The number of esters is 2. The summed E-state index contributed by atoms with van der Waals surface area (Å²) in [5, 5.41) is 9.62. The van der Waals surface area contributed by atoms with E-state index < -0.39 is 6.10 Å². The average molecular weight is 923 g/mol. The summed E-state index contributed by atoms with van der Waals surface area (Å²) in [6.07, 6.45) is 85.2. The predicted molar refractivity (Wildman–Crippen MR) is 292 cm³/mol. The number of hydrogen-bond acceptors (Lipinski definition) is 5. The van der Waals surface area contributed by atoms with Gasteiger partial charge in [0.2, 0.25) is 0 Å². The SMILES string of the molecule is CC/C=C\C/C=C\C/C=C\C/C=C\C/C=C\C/C=C\C/C=C\C/C=C\C/C=C\C/C=C\C/C=C\CCCCCC(=O)OC(CO)COC(=O)CCCCCCC/C=C\CCCCCCCCC. The van der Waals surface area contributed by atoms with Gasteiger partial charge in [-0.25, -0.2) is 0 Å². The highest BCUT2D eigenvalue weighted by atomic mass is 16.6. The summed E-state index contributed by atoms with van der Waals surface area (Å²) in [6.45, 7) is 3.98. The minimum absolute atomic E-state index is 0.0924. The van der Waals surface area contributed by atoms with Crippen molar-refractivity contribution in [3.8, 4) is 0 Å². The molecule has 0 aromatic carbocycles. The summed E-state index contributed by atoms with van der Waals surface area (Å²) < 4.78 is 10.6. The van der Waals surface area contributed by atoms with Gasteiger partial charge in [0.15, 0.2) is 6.10 Å². The Morgan fingerprint density at radius 3 is 1.00 bits per heavy atom. The van der Waals surface area contributed by atoms with Gasteiger partial charge in [-0.1, -0.05) is 224 Å². The van der Waals surface area contributed by atoms with Gasteiger partial charge in [-0.15, -0.1) is 0 Å². The quantitative estimate of drug-likeness (QED) is 0.0374. The van der Waals surface area contributed by atoms with E-state index in [1.807, 2.05) is 0 Å². The number of carbonyl (C=O) groups excluding carboxylic acids is 2. The molecule has 376 valence electrons. The van der Waals surface area contributed by atoms with Crippen LogP contribution in [0.5, 0.6) is 0 Å². The lowest BCUT2D eigenvalue weighted by atomic mass is 10.1. The molecule has 5 nitrogen and oxygen atoms in total. The molecule has 0 aliphatic rings. The number of rotatable bonds is 47. The zero-order valence-corrected chi connectivity index (χ0v) is 42.8. The van der Waals surface area contributed by atoms with Crippen molar-refractivity contribution in [1.29, 1.82) is 0 Å². The van der Waals surface area contributed by atoms with Crippen LogP contribution >= 0.6 is 0 Å². The van der Waals surface area contributed by atoms with Crippen LogP contribution in [0, 0.1) is 0 Å². The molecular weight excluding hydrogens is 825 g/mol. The summed E-state index contributed by atoms with van der Waals surface area (Å²) in [7, 11) is 0. The van der Waals surface area contributed by atoms with Crippen molar-refractivity contribution in [2.24, 2.45) is 0 Å². The molecular formula is C62H98O5. The van der Waals surface area contributed by atoms with Crippen LogP contribution in [0.4, 0.5) is 0 Å². The lowest BCUT2D eigenvalue weighted by Gasteiger charge is -2.15. The highest BCUT2D eigenvalue weighted by Gasteiger charge is 2.16. The molecule has 0 spiro atoms. The third kappa shape index (κ3) is 54.3. The number of allylic oxidation sites excluding steroid dienone is 24. The van der Waals surface area contributed by atoms with Crippen LogP contribution in [0.1, 0.15) is 213 Å². The maximum Gasteiger partial charge on any atom is 0.306 e. The van der Waals surface area contributed by atoms with E-state index in [9.17, 15) is 14.7 Å². The van der Waals surface area contributed by atoms with E-state index in [-0.39, 0.29) is 25.2 Å². The van der Waals surface area contributed by atoms with Gasteiger partial charge >= 0.3 is 11.9 Å². The molecule has 0 amide bonds. The Bertz CT molecular complexity index is 1460. The van der Waals surface area contributed by atoms with Crippen LogP contribution in [0.15, 0.2) is 146 Å². The van der Waals surface area contributed by atoms with Gasteiger partial charge < -0.3 is 14.6 Å². The van der Waals surface area contributed by atoms with Crippen LogP contribution < -0.4 is 0 Å².